The molecule has 0 bridgehead atoms. The third kappa shape index (κ3) is 3.84. The van der Waals surface area contributed by atoms with E-state index in [1.54, 1.807) is 31.2 Å². The summed E-state index contributed by atoms with van der Waals surface area (Å²) in [5, 5.41) is 12.0. The largest absolute Gasteiger partial charge is 0.481 e. The van der Waals surface area contributed by atoms with Gasteiger partial charge in [0.05, 0.1) is 18.5 Å². The summed E-state index contributed by atoms with van der Waals surface area (Å²) >= 11 is 0. The number of aliphatic carboxylic acids is 1. The first kappa shape index (κ1) is 16.0. The van der Waals surface area contributed by atoms with Gasteiger partial charge < -0.3 is 15.3 Å². The SMILES string of the molecule is CC(C(=O)O)C(NC(=O)CN1CCCC1=O)c1ccccc1. The van der Waals surface area contributed by atoms with Crippen LogP contribution in [0.5, 0.6) is 0 Å². The van der Waals surface area contributed by atoms with Gasteiger partial charge in [0, 0.05) is 13.0 Å². The van der Waals surface area contributed by atoms with Crippen LogP contribution in [0.3, 0.4) is 0 Å². The summed E-state index contributed by atoms with van der Waals surface area (Å²) in [6.45, 7) is 2.12. The van der Waals surface area contributed by atoms with Crippen molar-refractivity contribution in [1.29, 1.82) is 0 Å². The molecule has 0 spiro atoms. The minimum absolute atomic E-state index is 0.0193. The van der Waals surface area contributed by atoms with E-state index in [1.807, 2.05) is 6.07 Å². The Morgan fingerprint density at radius 1 is 1.32 bits per heavy atom. The van der Waals surface area contributed by atoms with Crippen LogP contribution >= 0.6 is 0 Å². The van der Waals surface area contributed by atoms with E-state index in [2.05, 4.69) is 5.32 Å². The molecule has 2 unspecified atom stereocenters. The van der Waals surface area contributed by atoms with Crippen LogP contribution in [0.4, 0.5) is 0 Å². The van der Waals surface area contributed by atoms with Crippen molar-refractivity contribution in [2.24, 2.45) is 5.92 Å². The first-order valence-corrected chi connectivity index (χ1v) is 7.34. The lowest BCUT2D eigenvalue weighted by Crippen LogP contribution is -2.42. The second-order valence-corrected chi connectivity index (χ2v) is 5.50. The number of rotatable bonds is 6. The van der Waals surface area contributed by atoms with Gasteiger partial charge in [-0.3, -0.25) is 14.4 Å². The maximum absolute atomic E-state index is 12.2. The Balaban J connectivity index is 2.07. The Hall–Kier alpha value is -2.37. The van der Waals surface area contributed by atoms with Crippen LogP contribution in [-0.2, 0) is 14.4 Å². The first-order chi connectivity index (χ1) is 10.5. The lowest BCUT2D eigenvalue weighted by molar-refractivity contribution is -0.143. The highest BCUT2D eigenvalue weighted by atomic mass is 16.4. The maximum Gasteiger partial charge on any atom is 0.308 e. The minimum atomic E-state index is -0.980. The first-order valence-electron chi connectivity index (χ1n) is 7.34. The predicted octanol–water partition coefficient (Wildman–Crippen LogP) is 1.19. The number of amides is 2. The fraction of sp³-hybridized carbons (Fsp3) is 0.438. The molecule has 1 aromatic rings. The Labute approximate surface area is 129 Å². The number of hydrogen-bond acceptors (Lipinski definition) is 3. The van der Waals surface area contributed by atoms with E-state index in [1.165, 1.54) is 4.90 Å². The zero-order valence-corrected chi connectivity index (χ0v) is 12.5. The molecular weight excluding hydrogens is 284 g/mol. The molecule has 0 saturated carbocycles. The van der Waals surface area contributed by atoms with Crippen molar-refractivity contribution in [3.05, 3.63) is 35.9 Å². The summed E-state index contributed by atoms with van der Waals surface area (Å²) in [7, 11) is 0. The molecule has 0 radical (unpaired) electrons. The third-order valence-corrected chi connectivity index (χ3v) is 3.87. The molecular formula is C16H20N2O4. The van der Waals surface area contributed by atoms with E-state index in [-0.39, 0.29) is 18.4 Å². The van der Waals surface area contributed by atoms with Gasteiger partial charge in [0.2, 0.25) is 11.8 Å². The normalized spacial score (nSPS) is 17.1. The Morgan fingerprint density at radius 2 is 2.00 bits per heavy atom. The number of carboxylic acids is 1. The van der Waals surface area contributed by atoms with Crippen LogP contribution in [0.15, 0.2) is 30.3 Å². The van der Waals surface area contributed by atoms with Crippen molar-refractivity contribution in [2.75, 3.05) is 13.1 Å². The van der Waals surface area contributed by atoms with Crippen LogP contribution in [-0.4, -0.2) is 40.9 Å². The number of benzene rings is 1. The maximum atomic E-state index is 12.2. The van der Waals surface area contributed by atoms with Crippen molar-refractivity contribution < 1.29 is 19.5 Å². The highest BCUT2D eigenvalue weighted by Gasteiger charge is 2.28. The molecule has 2 N–H and O–H groups in total. The summed E-state index contributed by atoms with van der Waals surface area (Å²) in [4.78, 5) is 36.5. The van der Waals surface area contributed by atoms with Crippen LogP contribution in [0.1, 0.15) is 31.4 Å². The Bertz CT molecular complexity index is 559. The average molecular weight is 304 g/mol. The van der Waals surface area contributed by atoms with Crippen molar-refractivity contribution in [1.82, 2.24) is 10.2 Å². The van der Waals surface area contributed by atoms with Gasteiger partial charge in [-0.15, -0.1) is 0 Å². The Kier molecular flexibility index (Phi) is 5.14. The highest BCUT2D eigenvalue weighted by Crippen LogP contribution is 2.22. The zero-order chi connectivity index (χ0) is 16.1. The molecule has 2 atom stereocenters. The topological polar surface area (TPSA) is 86.7 Å². The van der Waals surface area contributed by atoms with Crippen LogP contribution in [0, 0.1) is 5.92 Å². The molecule has 1 heterocycles. The molecule has 6 heteroatoms. The van der Waals surface area contributed by atoms with E-state index in [9.17, 15) is 19.5 Å². The van der Waals surface area contributed by atoms with Crippen molar-refractivity contribution >= 4 is 17.8 Å². The van der Waals surface area contributed by atoms with Crippen molar-refractivity contribution in [3.8, 4) is 0 Å². The summed E-state index contributed by atoms with van der Waals surface area (Å²) in [6.07, 6.45) is 1.24. The summed E-state index contributed by atoms with van der Waals surface area (Å²) in [5.74, 6) is -2.11. The molecule has 1 aliphatic rings. The summed E-state index contributed by atoms with van der Waals surface area (Å²) in [6, 6.07) is 8.37. The number of carboxylic acid groups (broad SMARTS) is 1. The van der Waals surface area contributed by atoms with Gasteiger partial charge in [-0.05, 0) is 18.9 Å². The van der Waals surface area contributed by atoms with E-state index >= 15 is 0 Å². The second kappa shape index (κ2) is 7.06. The van der Waals surface area contributed by atoms with Crippen molar-refractivity contribution in [3.63, 3.8) is 0 Å². The fourth-order valence-corrected chi connectivity index (χ4v) is 2.56. The van der Waals surface area contributed by atoms with Gasteiger partial charge in [0.15, 0.2) is 0 Å². The number of likely N-dealkylation sites (tertiary alicyclic amines) is 1. The van der Waals surface area contributed by atoms with E-state index in [0.717, 1.165) is 12.0 Å². The number of carbonyl (C=O) groups is 3. The van der Waals surface area contributed by atoms with Crippen LogP contribution in [0.2, 0.25) is 0 Å². The molecule has 1 fully saturated rings. The lowest BCUT2D eigenvalue weighted by atomic mass is 9.94. The number of nitrogens with zero attached hydrogens (tertiary/aromatic N) is 1. The van der Waals surface area contributed by atoms with E-state index in [4.69, 9.17) is 0 Å². The molecule has 6 nitrogen and oxygen atoms in total. The van der Waals surface area contributed by atoms with Gasteiger partial charge in [0.1, 0.15) is 0 Å². The quantitative estimate of drug-likeness (QED) is 0.826. The average Bonchev–Trinajstić information content (AvgIpc) is 2.90. The molecule has 0 aromatic heterocycles. The van der Waals surface area contributed by atoms with Gasteiger partial charge in [0.25, 0.3) is 0 Å². The van der Waals surface area contributed by atoms with Crippen molar-refractivity contribution in [2.45, 2.75) is 25.8 Å². The number of carbonyl (C=O) groups excluding carboxylic acids is 2. The standard InChI is InChI=1S/C16H20N2O4/c1-11(16(21)22)15(12-6-3-2-4-7-12)17-13(19)10-18-9-5-8-14(18)20/h2-4,6-7,11,15H,5,8-10H2,1H3,(H,17,19)(H,21,22). The molecule has 1 saturated heterocycles. The zero-order valence-electron chi connectivity index (χ0n) is 12.5. The smallest absolute Gasteiger partial charge is 0.308 e. The molecule has 2 rings (SSSR count). The minimum Gasteiger partial charge on any atom is -0.481 e. The van der Waals surface area contributed by atoms with E-state index in [0.29, 0.717) is 13.0 Å². The number of hydrogen-bond donors (Lipinski definition) is 2. The molecule has 1 aromatic carbocycles. The third-order valence-electron chi connectivity index (χ3n) is 3.87. The summed E-state index contributed by atoms with van der Waals surface area (Å²) < 4.78 is 0. The fourth-order valence-electron chi connectivity index (χ4n) is 2.56. The molecule has 22 heavy (non-hydrogen) atoms. The van der Waals surface area contributed by atoms with Gasteiger partial charge in [-0.2, -0.15) is 0 Å². The highest BCUT2D eigenvalue weighted by molar-refractivity contribution is 5.86. The van der Waals surface area contributed by atoms with Crippen LogP contribution in [0.25, 0.3) is 0 Å². The number of nitrogens with one attached hydrogen (secondary N) is 1. The molecule has 1 aliphatic heterocycles. The Morgan fingerprint density at radius 3 is 2.55 bits per heavy atom. The van der Waals surface area contributed by atoms with Gasteiger partial charge >= 0.3 is 5.97 Å². The molecule has 0 aliphatic carbocycles. The molecule has 118 valence electrons. The lowest BCUT2D eigenvalue weighted by Gasteiger charge is -2.24. The second-order valence-electron chi connectivity index (χ2n) is 5.50. The van der Waals surface area contributed by atoms with Crippen LogP contribution < -0.4 is 5.32 Å². The summed E-state index contributed by atoms with van der Waals surface area (Å²) in [5.41, 5.74) is 0.735. The van der Waals surface area contributed by atoms with E-state index < -0.39 is 17.9 Å². The monoisotopic (exact) mass is 304 g/mol. The predicted molar refractivity (Wildman–Crippen MR) is 79.9 cm³/mol. The van der Waals surface area contributed by atoms with Gasteiger partial charge in [-0.25, -0.2) is 0 Å². The molecule has 2 amide bonds. The van der Waals surface area contributed by atoms with Gasteiger partial charge in [-0.1, -0.05) is 30.3 Å².